The number of nitrogen functional groups attached to an aromatic ring is 1. The van der Waals surface area contributed by atoms with Gasteiger partial charge in [-0.25, -0.2) is 0 Å². The molecule has 0 bridgehead atoms. The fourth-order valence-corrected chi connectivity index (χ4v) is 1.36. The Kier molecular flexibility index (Phi) is 2.49. The van der Waals surface area contributed by atoms with Gasteiger partial charge in [-0.2, -0.15) is 0 Å². The van der Waals surface area contributed by atoms with Gasteiger partial charge in [0.25, 0.3) is 0 Å². The molecule has 2 rings (SSSR count). The van der Waals surface area contributed by atoms with E-state index >= 15 is 0 Å². The second kappa shape index (κ2) is 3.96. The molecule has 0 radical (unpaired) electrons. The first-order valence-electron chi connectivity index (χ1n) is 4.59. The zero-order chi connectivity index (χ0) is 9.80. The highest BCUT2D eigenvalue weighted by Gasteiger charge is 2.00. The van der Waals surface area contributed by atoms with Crippen molar-refractivity contribution in [2.45, 2.75) is 12.8 Å². The van der Waals surface area contributed by atoms with Crippen LogP contribution in [0.15, 0.2) is 40.9 Å². The van der Waals surface area contributed by atoms with Crippen molar-refractivity contribution in [1.82, 2.24) is 5.16 Å². The molecule has 1 heterocycles. The molecule has 0 aliphatic carbocycles. The van der Waals surface area contributed by atoms with Crippen molar-refractivity contribution < 1.29 is 4.52 Å². The molecule has 0 saturated carbocycles. The predicted molar refractivity (Wildman–Crippen MR) is 54.8 cm³/mol. The lowest BCUT2D eigenvalue weighted by Gasteiger charge is -1.96. The second-order valence-corrected chi connectivity index (χ2v) is 3.21. The number of anilines is 1. The number of aryl methyl sites for hydroxylation is 2. The fourth-order valence-electron chi connectivity index (χ4n) is 1.36. The zero-order valence-corrected chi connectivity index (χ0v) is 7.81. The van der Waals surface area contributed by atoms with E-state index in [4.69, 9.17) is 10.3 Å². The molecule has 0 aliphatic heterocycles. The highest BCUT2D eigenvalue weighted by Crippen LogP contribution is 2.08. The topological polar surface area (TPSA) is 52.0 Å². The van der Waals surface area contributed by atoms with E-state index in [1.165, 1.54) is 5.56 Å². The second-order valence-electron chi connectivity index (χ2n) is 3.21. The van der Waals surface area contributed by atoms with E-state index < -0.39 is 0 Å². The molecular formula is C11H12N2O. The molecule has 1 aromatic carbocycles. The Morgan fingerprint density at radius 2 is 1.93 bits per heavy atom. The van der Waals surface area contributed by atoms with Gasteiger partial charge in [0.2, 0.25) is 5.88 Å². The summed E-state index contributed by atoms with van der Waals surface area (Å²) >= 11 is 0. The maximum Gasteiger partial charge on any atom is 0.222 e. The maximum absolute atomic E-state index is 5.42. The molecule has 0 atom stereocenters. The van der Waals surface area contributed by atoms with E-state index in [-0.39, 0.29) is 0 Å². The van der Waals surface area contributed by atoms with E-state index in [0.717, 1.165) is 18.5 Å². The largest absolute Gasteiger partial charge is 0.368 e. The monoisotopic (exact) mass is 188 g/mol. The number of nitrogens with two attached hydrogens (primary N) is 1. The summed E-state index contributed by atoms with van der Waals surface area (Å²) in [6.45, 7) is 0. The van der Waals surface area contributed by atoms with Gasteiger partial charge in [0.05, 0.1) is 5.69 Å². The van der Waals surface area contributed by atoms with Crippen molar-refractivity contribution in [3.63, 3.8) is 0 Å². The van der Waals surface area contributed by atoms with Crippen LogP contribution in [-0.2, 0) is 12.8 Å². The average molecular weight is 188 g/mol. The van der Waals surface area contributed by atoms with Crippen molar-refractivity contribution in [1.29, 1.82) is 0 Å². The SMILES string of the molecule is Nc1cc(CCc2ccccc2)no1. The summed E-state index contributed by atoms with van der Waals surface area (Å²) < 4.78 is 4.78. The van der Waals surface area contributed by atoms with Crippen molar-refractivity contribution in [2.24, 2.45) is 0 Å². The molecule has 72 valence electrons. The van der Waals surface area contributed by atoms with E-state index in [1.807, 2.05) is 18.2 Å². The number of nitrogens with zero attached hydrogens (tertiary/aromatic N) is 1. The van der Waals surface area contributed by atoms with Gasteiger partial charge in [-0.3, -0.25) is 0 Å². The number of rotatable bonds is 3. The number of hydrogen-bond acceptors (Lipinski definition) is 3. The highest BCUT2D eigenvalue weighted by molar-refractivity contribution is 5.25. The van der Waals surface area contributed by atoms with E-state index in [0.29, 0.717) is 5.88 Å². The molecule has 2 aromatic rings. The van der Waals surface area contributed by atoms with Crippen LogP contribution in [0.4, 0.5) is 5.88 Å². The Balaban J connectivity index is 1.95. The third kappa shape index (κ3) is 2.13. The molecule has 0 spiro atoms. The quantitative estimate of drug-likeness (QED) is 0.801. The highest BCUT2D eigenvalue weighted by atomic mass is 16.5. The third-order valence-corrected chi connectivity index (χ3v) is 2.09. The Labute approximate surface area is 82.5 Å². The molecule has 3 nitrogen and oxygen atoms in total. The van der Waals surface area contributed by atoms with Crippen molar-refractivity contribution in [3.05, 3.63) is 47.7 Å². The van der Waals surface area contributed by atoms with Gasteiger partial charge < -0.3 is 10.3 Å². The van der Waals surface area contributed by atoms with Crippen LogP contribution in [0, 0.1) is 0 Å². The molecule has 2 N–H and O–H groups in total. The predicted octanol–water partition coefficient (Wildman–Crippen LogP) is 2.04. The number of hydrogen-bond donors (Lipinski definition) is 1. The molecule has 3 heteroatoms. The summed E-state index contributed by atoms with van der Waals surface area (Å²) in [4.78, 5) is 0. The van der Waals surface area contributed by atoms with Crippen LogP contribution in [-0.4, -0.2) is 5.16 Å². The van der Waals surface area contributed by atoms with Crippen LogP contribution in [0.3, 0.4) is 0 Å². The Hall–Kier alpha value is -1.77. The summed E-state index contributed by atoms with van der Waals surface area (Å²) in [5.41, 5.74) is 7.63. The Morgan fingerprint density at radius 3 is 2.57 bits per heavy atom. The van der Waals surface area contributed by atoms with Gasteiger partial charge >= 0.3 is 0 Å². The summed E-state index contributed by atoms with van der Waals surface area (Å²) in [6, 6.07) is 12.0. The molecular weight excluding hydrogens is 176 g/mol. The van der Waals surface area contributed by atoms with Gasteiger partial charge in [-0.05, 0) is 18.4 Å². The van der Waals surface area contributed by atoms with Crippen LogP contribution in [0.1, 0.15) is 11.3 Å². The smallest absolute Gasteiger partial charge is 0.222 e. The van der Waals surface area contributed by atoms with Gasteiger partial charge in [0.1, 0.15) is 0 Å². The summed E-state index contributed by atoms with van der Waals surface area (Å²) in [5, 5.41) is 3.83. The normalized spacial score (nSPS) is 10.3. The first kappa shape index (κ1) is 8.81. The lowest BCUT2D eigenvalue weighted by atomic mass is 10.1. The van der Waals surface area contributed by atoms with Crippen LogP contribution < -0.4 is 5.73 Å². The van der Waals surface area contributed by atoms with E-state index in [2.05, 4.69) is 17.3 Å². The molecule has 0 amide bonds. The summed E-state index contributed by atoms with van der Waals surface area (Å²) in [6.07, 6.45) is 1.83. The van der Waals surface area contributed by atoms with Crippen molar-refractivity contribution in [3.8, 4) is 0 Å². The average Bonchev–Trinajstić information content (AvgIpc) is 2.63. The molecule has 1 aromatic heterocycles. The minimum Gasteiger partial charge on any atom is -0.368 e. The van der Waals surface area contributed by atoms with Gasteiger partial charge in [-0.1, -0.05) is 35.5 Å². The molecule has 0 fully saturated rings. The van der Waals surface area contributed by atoms with Crippen LogP contribution >= 0.6 is 0 Å². The minimum absolute atomic E-state index is 0.382. The van der Waals surface area contributed by atoms with Crippen LogP contribution in [0.5, 0.6) is 0 Å². The lowest BCUT2D eigenvalue weighted by molar-refractivity contribution is 0.427. The van der Waals surface area contributed by atoms with Crippen molar-refractivity contribution in [2.75, 3.05) is 5.73 Å². The Bertz CT molecular complexity index is 395. The molecule has 0 aliphatic rings. The fraction of sp³-hybridized carbons (Fsp3) is 0.182. The molecule has 14 heavy (non-hydrogen) atoms. The number of aromatic nitrogens is 1. The first-order valence-corrected chi connectivity index (χ1v) is 4.59. The summed E-state index contributed by atoms with van der Waals surface area (Å²) in [7, 11) is 0. The number of benzene rings is 1. The van der Waals surface area contributed by atoms with E-state index in [9.17, 15) is 0 Å². The van der Waals surface area contributed by atoms with Gasteiger partial charge in [-0.15, -0.1) is 0 Å². The molecule has 0 unspecified atom stereocenters. The maximum atomic E-state index is 5.42. The summed E-state index contributed by atoms with van der Waals surface area (Å²) in [5.74, 6) is 0.382. The standard InChI is InChI=1S/C11H12N2O/c12-11-8-10(13-14-11)7-6-9-4-2-1-3-5-9/h1-5,8H,6-7,12H2. The van der Waals surface area contributed by atoms with Gasteiger partial charge in [0.15, 0.2) is 0 Å². The zero-order valence-electron chi connectivity index (χ0n) is 7.81. The third-order valence-electron chi connectivity index (χ3n) is 2.09. The lowest BCUT2D eigenvalue weighted by Crippen LogP contribution is -1.90. The minimum atomic E-state index is 0.382. The van der Waals surface area contributed by atoms with Gasteiger partial charge in [0, 0.05) is 6.07 Å². The first-order chi connectivity index (χ1) is 6.84. The van der Waals surface area contributed by atoms with Crippen molar-refractivity contribution >= 4 is 5.88 Å². The molecule has 0 saturated heterocycles. The van der Waals surface area contributed by atoms with Crippen LogP contribution in [0.2, 0.25) is 0 Å². The van der Waals surface area contributed by atoms with Crippen LogP contribution in [0.25, 0.3) is 0 Å². The Morgan fingerprint density at radius 1 is 1.14 bits per heavy atom. The van der Waals surface area contributed by atoms with E-state index in [1.54, 1.807) is 6.07 Å².